The first-order chi connectivity index (χ1) is 22.5. The van der Waals surface area contributed by atoms with Crippen LogP contribution in [0.25, 0.3) is 5.57 Å². The second-order valence-electron chi connectivity index (χ2n) is 11.4. The minimum Gasteiger partial charge on any atom is -0.488 e. The molecule has 0 spiro atoms. The Kier molecular flexibility index (Phi) is 10.3. The molecule has 1 saturated heterocycles. The number of carbonyl (C=O) groups excluding carboxylic acids is 1. The third-order valence-electron chi connectivity index (χ3n) is 8.52. The van der Waals surface area contributed by atoms with E-state index in [2.05, 4.69) is 0 Å². The molecule has 2 atom stereocenters. The average molecular weight is 672 g/mol. The van der Waals surface area contributed by atoms with Crippen LogP contribution in [0, 0.1) is 17.5 Å². The van der Waals surface area contributed by atoms with Crippen LogP contribution in [-0.2, 0) is 17.8 Å². The number of aryl methyl sites for hydroxylation is 1. The number of hydrogen-bond donors (Lipinski definition) is 2. The number of fused-ring (bicyclic) bond motifs is 2. The number of halogens is 4. The molecule has 5 rings (SSSR count). The van der Waals surface area contributed by atoms with E-state index in [0.717, 1.165) is 16.5 Å². The molecule has 3 aromatic rings. The van der Waals surface area contributed by atoms with E-state index in [0.29, 0.717) is 40.6 Å². The Hall–Kier alpha value is -4.71. The summed E-state index contributed by atoms with van der Waals surface area (Å²) in [5.41, 5.74) is 3.11. The lowest BCUT2D eigenvalue weighted by molar-refractivity contribution is -0.128. The van der Waals surface area contributed by atoms with Crippen molar-refractivity contribution < 1.29 is 42.5 Å². The number of likely N-dealkylation sites (N-methyl/N-ethyl adjacent to an activating group) is 1. The minimum atomic E-state index is -1.38. The van der Waals surface area contributed by atoms with Crippen molar-refractivity contribution in [2.45, 2.75) is 44.8 Å². The van der Waals surface area contributed by atoms with Gasteiger partial charge in [0.1, 0.15) is 0 Å². The smallest absolute Gasteiger partial charge is 0.408 e. The molecule has 2 heterocycles. The summed E-state index contributed by atoms with van der Waals surface area (Å²) < 4.78 is 46.4. The molecule has 0 saturated carbocycles. The molecule has 2 bridgehead atoms. The molecule has 0 aliphatic carbocycles. The molecule has 3 amide bonds. The number of nitrogens with zero attached hydrogens (tertiary/aromatic N) is 3. The molecule has 1 fully saturated rings. The Bertz CT molecular complexity index is 1700. The fraction of sp³-hybridized carbons (Fsp3) is 0.324. The van der Waals surface area contributed by atoms with E-state index in [9.17, 15) is 37.8 Å². The van der Waals surface area contributed by atoms with Gasteiger partial charge >= 0.3 is 12.2 Å². The maximum absolute atomic E-state index is 14.3. The van der Waals surface area contributed by atoms with Crippen LogP contribution >= 0.6 is 11.6 Å². The van der Waals surface area contributed by atoms with Crippen molar-refractivity contribution in [2.75, 3.05) is 26.2 Å². The maximum Gasteiger partial charge on any atom is 0.408 e. The van der Waals surface area contributed by atoms with E-state index >= 15 is 0 Å². The molecule has 2 aliphatic heterocycles. The largest absolute Gasteiger partial charge is 0.488 e. The Balaban J connectivity index is 1.43. The Morgan fingerprint density at radius 3 is 2.32 bits per heavy atom. The van der Waals surface area contributed by atoms with E-state index in [1.165, 1.54) is 4.90 Å². The molecule has 0 aromatic heterocycles. The Morgan fingerprint density at radius 2 is 1.66 bits per heavy atom. The maximum atomic E-state index is 14.3. The topological polar surface area (TPSA) is 111 Å². The van der Waals surface area contributed by atoms with Gasteiger partial charge in [-0.3, -0.25) is 9.69 Å². The summed E-state index contributed by atoms with van der Waals surface area (Å²) in [6.07, 6.45) is -1.47. The van der Waals surface area contributed by atoms with Crippen LogP contribution in [0.2, 0.25) is 5.02 Å². The number of rotatable bonds is 10. The fourth-order valence-corrected chi connectivity index (χ4v) is 6.39. The number of carboxylic acid groups (broad SMARTS) is 2. The first-order valence-corrected chi connectivity index (χ1v) is 15.5. The van der Waals surface area contributed by atoms with Gasteiger partial charge in [0.05, 0.1) is 18.7 Å². The van der Waals surface area contributed by atoms with Crippen molar-refractivity contribution in [3.05, 3.63) is 105 Å². The second-order valence-corrected chi connectivity index (χ2v) is 11.8. The number of amides is 3. The number of carbonyl (C=O) groups is 3. The van der Waals surface area contributed by atoms with Gasteiger partial charge in [0, 0.05) is 36.8 Å². The Labute approximate surface area is 274 Å². The van der Waals surface area contributed by atoms with Gasteiger partial charge in [0.2, 0.25) is 5.82 Å². The summed E-state index contributed by atoms with van der Waals surface area (Å²) in [5, 5.41) is 20.5. The van der Waals surface area contributed by atoms with Gasteiger partial charge < -0.3 is 24.7 Å². The molecular weight excluding hydrogens is 639 g/mol. The molecule has 3 aromatic carbocycles. The molecule has 2 aliphatic rings. The van der Waals surface area contributed by atoms with Crippen molar-refractivity contribution in [2.24, 2.45) is 0 Å². The lowest BCUT2D eigenvalue weighted by Gasteiger charge is -2.49. The van der Waals surface area contributed by atoms with Crippen LogP contribution in [0.5, 0.6) is 5.75 Å². The van der Waals surface area contributed by atoms with E-state index < -0.39 is 53.4 Å². The van der Waals surface area contributed by atoms with Crippen LogP contribution in [-0.4, -0.2) is 81.3 Å². The van der Waals surface area contributed by atoms with Crippen molar-refractivity contribution in [1.82, 2.24) is 14.7 Å². The van der Waals surface area contributed by atoms with Crippen molar-refractivity contribution in [3.8, 4) is 5.75 Å². The number of hydrogen-bond acceptors (Lipinski definition) is 4. The lowest BCUT2D eigenvalue weighted by Crippen LogP contribution is -2.64. The highest BCUT2D eigenvalue weighted by molar-refractivity contribution is 6.31. The van der Waals surface area contributed by atoms with Gasteiger partial charge in [-0.05, 0) is 66.6 Å². The highest BCUT2D eigenvalue weighted by atomic mass is 35.5. The quantitative estimate of drug-likeness (QED) is 0.184. The van der Waals surface area contributed by atoms with Gasteiger partial charge in [-0.25, -0.2) is 18.4 Å². The number of piperazine rings is 1. The van der Waals surface area contributed by atoms with Gasteiger partial charge in [0.25, 0.3) is 5.91 Å². The van der Waals surface area contributed by atoms with Crippen LogP contribution in [0.3, 0.4) is 0 Å². The van der Waals surface area contributed by atoms with Gasteiger partial charge in [-0.1, -0.05) is 54.1 Å². The highest BCUT2D eigenvalue weighted by Crippen LogP contribution is 2.39. The third-order valence-corrected chi connectivity index (χ3v) is 8.89. The zero-order chi connectivity index (χ0) is 33.8. The molecule has 13 heteroatoms. The van der Waals surface area contributed by atoms with Gasteiger partial charge in [-0.2, -0.15) is 4.39 Å². The summed E-state index contributed by atoms with van der Waals surface area (Å²) in [6.45, 7) is 1.96. The van der Waals surface area contributed by atoms with Crippen molar-refractivity contribution in [3.63, 3.8) is 0 Å². The summed E-state index contributed by atoms with van der Waals surface area (Å²) in [4.78, 5) is 42.7. The van der Waals surface area contributed by atoms with E-state index in [4.69, 9.17) is 16.3 Å². The van der Waals surface area contributed by atoms with E-state index in [-0.39, 0.29) is 44.8 Å². The van der Waals surface area contributed by atoms with Gasteiger partial charge in [0.15, 0.2) is 17.4 Å². The molecule has 47 heavy (non-hydrogen) atoms. The molecule has 0 unspecified atom stereocenters. The van der Waals surface area contributed by atoms with E-state index in [1.807, 2.05) is 24.3 Å². The number of ether oxygens (including phenoxy) is 1. The van der Waals surface area contributed by atoms with Crippen LogP contribution in [0.4, 0.5) is 22.8 Å². The minimum absolute atomic E-state index is 0.0369. The van der Waals surface area contributed by atoms with Crippen LogP contribution in [0.15, 0.2) is 66.2 Å². The summed E-state index contributed by atoms with van der Waals surface area (Å²) in [6, 6.07) is 14.1. The fourth-order valence-electron chi connectivity index (χ4n) is 6.19. The summed E-state index contributed by atoms with van der Waals surface area (Å²) >= 11 is 6.39. The molecular formula is C34H33ClF3N3O6. The normalized spacial score (nSPS) is 17.5. The number of benzene rings is 3. The summed E-state index contributed by atoms with van der Waals surface area (Å²) in [5.74, 6) is -4.76. The van der Waals surface area contributed by atoms with Crippen LogP contribution < -0.4 is 4.74 Å². The highest BCUT2D eigenvalue weighted by Gasteiger charge is 2.48. The van der Waals surface area contributed by atoms with Crippen molar-refractivity contribution in [1.29, 1.82) is 0 Å². The van der Waals surface area contributed by atoms with Crippen molar-refractivity contribution >= 4 is 35.3 Å². The zero-order valence-electron chi connectivity index (χ0n) is 25.5. The Morgan fingerprint density at radius 1 is 0.957 bits per heavy atom. The van der Waals surface area contributed by atoms with Crippen LogP contribution in [0.1, 0.15) is 36.5 Å². The standard InChI is InChI=1S/C34H33ClF3N3O6/c1-2-39(17-22-7-3-4-8-25(22)35)32(42)29-24(16-23-18-40(33(43)44)19-28(29)41(23)34(45)46)21-11-9-20(10-12-21)6-5-15-47-31-27(37)14-13-26(36)30(31)38/h3-4,7-14,23,28H,2,5-6,15-19H2,1H3,(H,43,44)(H,45,46)/t23-,28-/m1/s1. The lowest BCUT2D eigenvalue weighted by atomic mass is 9.81. The second kappa shape index (κ2) is 14.4. The predicted octanol–water partition coefficient (Wildman–Crippen LogP) is 6.69. The van der Waals surface area contributed by atoms with Gasteiger partial charge in [-0.15, -0.1) is 0 Å². The SMILES string of the molecule is CCN(Cc1ccccc1Cl)C(=O)C1=C(c2ccc(CCCOc3c(F)ccc(F)c3F)cc2)C[C@@H]2CN(C(=O)O)C[C@H]1N2C(=O)O. The first-order valence-electron chi connectivity index (χ1n) is 15.1. The zero-order valence-corrected chi connectivity index (χ0v) is 26.2. The first kappa shape index (κ1) is 33.6. The third kappa shape index (κ3) is 7.17. The predicted molar refractivity (Wildman–Crippen MR) is 168 cm³/mol. The molecule has 248 valence electrons. The molecule has 2 N–H and O–H groups in total. The molecule has 0 radical (unpaired) electrons. The average Bonchev–Trinajstić information content (AvgIpc) is 3.05. The van der Waals surface area contributed by atoms with E-state index in [1.54, 1.807) is 36.1 Å². The summed E-state index contributed by atoms with van der Waals surface area (Å²) in [7, 11) is 0. The monoisotopic (exact) mass is 671 g/mol. The molecule has 9 nitrogen and oxygen atoms in total.